The highest BCUT2D eigenvalue weighted by Gasteiger charge is 2.14. The first-order valence-corrected chi connectivity index (χ1v) is 16.0. The molecule has 0 unspecified atom stereocenters. The van der Waals surface area contributed by atoms with Crippen LogP contribution in [-0.4, -0.2) is 9.13 Å². The minimum Gasteiger partial charge on any atom is -0.276 e. The second kappa shape index (κ2) is 11.1. The van der Waals surface area contributed by atoms with Gasteiger partial charge in [0.15, 0.2) is 0 Å². The maximum Gasteiger partial charge on any atom is 0.263 e. The fourth-order valence-corrected chi connectivity index (χ4v) is 7.04. The van der Waals surface area contributed by atoms with Crippen molar-refractivity contribution in [2.24, 2.45) is 0 Å². The monoisotopic (exact) mass is 616 g/mol. The summed E-state index contributed by atoms with van der Waals surface area (Å²) in [5.74, 6) is 0. The molecule has 48 heavy (non-hydrogen) atoms. The van der Waals surface area contributed by atoms with Gasteiger partial charge in [0.05, 0.1) is 11.0 Å². The van der Waals surface area contributed by atoms with E-state index in [9.17, 15) is 9.59 Å². The van der Waals surface area contributed by atoms with E-state index in [1.165, 1.54) is 0 Å². The van der Waals surface area contributed by atoms with Crippen LogP contribution in [0.4, 0.5) is 0 Å². The summed E-state index contributed by atoms with van der Waals surface area (Å²) in [6.07, 6.45) is 0. The first-order valence-electron chi connectivity index (χ1n) is 16.0. The highest BCUT2D eigenvalue weighted by molar-refractivity contribution is 6.08. The molecule has 0 radical (unpaired) electrons. The zero-order chi connectivity index (χ0) is 32.2. The van der Waals surface area contributed by atoms with Gasteiger partial charge in [-0.1, -0.05) is 115 Å². The molecule has 0 atom stereocenters. The molecule has 0 saturated heterocycles. The molecule has 4 nitrogen and oxygen atoms in total. The van der Waals surface area contributed by atoms with Gasteiger partial charge in [-0.2, -0.15) is 0 Å². The average Bonchev–Trinajstić information content (AvgIpc) is 3.16. The lowest BCUT2D eigenvalue weighted by atomic mass is 9.97. The second-order valence-corrected chi connectivity index (χ2v) is 12.1. The molecule has 0 aliphatic carbocycles. The van der Waals surface area contributed by atoms with Crippen LogP contribution in [0.25, 0.3) is 77.0 Å². The summed E-state index contributed by atoms with van der Waals surface area (Å²) in [4.78, 5) is 27.3. The van der Waals surface area contributed by atoms with E-state index in [4.69, 9.17) is 0 Å². The number of benzene rings is 7. The third-order valence-corrected chi connectivity index (χ3v) is 9.38. The number of pyridine rings is 2. The van der Waals surface area contributed by atoms with Gasteiger partial charge >= 0.3 is 0 Å². The molecule has 4 heteroatoms. The number of fused-ring (bicyclic) bond motifs is 6. The molecule has 2 heterocycles. The van der Waals surface area contributed by atoms with Crippen LogP contribution in [0.1, 0.15) is 0 Å². The molecule has 0 spiro atoms. The Bertz CT molecular complexity index is 2790. The first kappa shape index (κ1) is 27.8. The largest absolute Gasteiger partial charge is 0.276 e. The Hall–Kier alpha value is -6.52. The van der Waals surface area contributed by atoms with Crippen LogP contribution in [0.5, 0.6) is 0 Å². The van der Waals surface area contributed by atoms with Crippen LogP contribution >= 0.6 is 0 Å². The number of aromatic nitrogens is 2. The minimum atomic E-state index is -0.0228. The van der Waals surface area contributed by atoms with E-state index in [0.29, 0.717) is 10.8 Å². The van der Waals surface area contributed by atoms with Gasteiger partial charge in [0, 0.05) is 32.9 Å². The van der Waals surface area contributed by atoms with Crippen molar-refractivity contribution >= 4 is 43.4 Å². The summed E-state index contributed by atoms with van der Waals surface area (Å²) in [5.41, 5.74) is 7.73. The fraction of sp³-hybridized carbons (Fsp3) is 0. The minimum absolute atomic E-state index is 0.0221. The van der Waals surface area contributed by atoms with Gasteiger partial charge in [0.2, 0.25) is 0 Å². The van der Waals surface area contributed by atoms with E-state index in [1.54, 1.807) is 0 Å². The standard InChI is InChI=1S/C44H28N2O2/c47-43-38-15-6-4-12-35(38)37-14-8-9-17-41(37)46(43)34-25-22-30(23-26-34)29-18-20-31(21-19-29)32-24-27-42-40(28-32)36-13-5-7-16-39(36)44(48)45(42)33-10-2-1-3-11-33/h1-28H. The SMILES string of the molecule is O=c1c2ccccc2c2ccccc2n1-c1ccc(-c2ccc(-c3ccc4c(c3)c3ccccc3c(=O)n4-c3ccccc3)cc2)cc1. The van der Waals surface area contributed by atoms with E-state index in [0.717, 1.165) is 66.2 Å². The molecule has 0 bridgehead atoms. The molecule has 7 aromatic carbocycles. The third-order valence-electron chi connectivity index (χ3n) is 9.38. The smallest absolute Gasteiger partial charge is 0.263 e. The Morgan fingerprint density at radius 2 is 0.688 bits per heavy atom. The highest BCUT2D eigenvalue weighted by atomic mass is 16.1. The zero-order valence-corrected chi connectivity index (χ0v) is 25.9. The van der Waals surface area contributed by atoms with Crippen molar-refractivity contribution in [2.45, 2.75) is 0 Å². The number of nitrogens with zero attached hydrogens (tertiary/aromatic N) is 2. The third kappa shape index (κ3) is 4.38. The summed E-state index contributed by atoms with van der Waals surface area (Å²) in [5, 5.41) is 5.41. The summed E-state index contributed by atoms with van der Waals surface area (Å²) < 4.78 is 3.62. The molecule has 2 aromatic heterocycles. The van der Waals surface area contributed by atoms with Crippen LogP contribution in [-0.2, 0) is 0 Å². The van der Waals surface area contributed by atoms with Crippen molar-refractivity contribution in [2.75, 3.05) is 0 Å². The van der Waals surface area contributed by atoms with Crippen molar-refractivity contribution in [1.29, 1.82) is 0 Å². The maximum atomic E-state index is 13.7. The van der Waals surface area contributed by atoms with Crippen molar-refractivity contribution in [1.82, 2.24) is 9.13 Å². The lowest BCUT2D eigenvalue weighted by molar-refractivity contribution is 1.06. The summed E-state index contributed by atoms with van der Waals surface area (Å²) in [6, 6.07) is 56.6. The number of hydrogen-bond acceptors (Lipinski definition) is 2. The lowest BCUT2D eigenvalue weighted by Gasteiger charge is -2.15. The van der Waals surface area contributed by atoms with Gasteiger partial charge in [0.1, 0.15) is 0 Å². The molecule has 0 saturated carbocycles. The van der Waals surface area contributed by atoms with Gasteiger partial charge in [0.25, 0.3) is 11.1 Å². The number of rotatable bonds is 4. The van der Waals surface area contributed by atoms with Gasteiger partial charge in [-0.15, -0.1) is 0 Å². The molecular formula is C44H28N2O2. The number of hydrogen-bond donors (Lipinski definition) is 0. The molecule has 9 rings (SSSR count). The molecule has 0 aliphatic rings. The molecule has 0 fully saturated rings. The summed E-state index contributed by atoms with van der Waals surface area (Å²) in [6.45, 7) is 0. The first-order chi connectivity index (χ1) is 23.7. The average molecular weight is 617 g/mol. The van der Waals surface area contributed by atoms with Crippen molar-refractivity contribution in [3.05, 3.63) is 191 Å². The quantitative estimate of drug-likeness (QED) is 0.185. The van der Waals surface area contributed by atoms with Gasteiger partial charge < -0.3 is 0 Å². The molecule has 9 aromatic rings. The molecular weight excluding hydrogens is 588 g/mol. The molecule has 0 amide bonds. The predicted molar refractivity (Wildman–Crippen MR) is 199 cm³/mol. The predicted octanol–water partition coefficient (Wildman–Crippen LogP) is 9.94. The Labute approximate surface area is 276 Å². The van der Waals surface area contributed by atoms with E-state index in [1.807, 2.05) is 118 Å². The topological polar surface area (TPSA) is 44.0 Å². The summed E-state index contributed by atoms with van der Waals surface area (Å²) >= 11 is 0. The van der Waals surface area contributed by atoms with Crippen LogP contribution in [0.2, 0.25) is 0 Å². The van der Waals surface area contributed by atoms with E-state index >= 15 is 0 Å². The fourth-order valence-electron chi connectivity index (χ4n) is 7.04. The van der Waals surface area contributed by atoms with Crippen molar-refractivity contribution in [3.63, 3.8) is 0 Å². The Morgan fingerprint density at radius 1 is 0.292 bits per heavy atom. The van der Waals surface area contributed by atoms with E-state index in [2.05, 4.69) is 60.7 Å². The van der Waals surface area contributed by atoms with Crippen LogP contribution < -0.4 is 11.1 Å². The Balaban J connectivity index is 1.09. The van der Waals surface area contributed by atoms with Crippen molar-refractivity contribution < 1.29 is 0 Å². The molecule has 0 aliphatic heterocycles. The van der Waals surface area contributed by atoms with Gasteiger partial charge in [-0.25, -0.2) is 0 Å². The molecule has 0 N–H and O–H groups in total. The Morgan fingerprint density at radius 3 is 1.29 bits per heavy atom. The van der Waals surface area contributed by atoms with Crippen molar-refractivity contribution in [3.8, 4) is 33.6 Å². The Kier molecular flexibility index (Phi) is 6.41. The van der Waals surface area contributed by atoms with Gasteiger partial charge in [-0.05, 0) is 87.6 Å². The maximum absolute atomic E-state index is 13.7. The van der Waals surface area contributed by atoms with Crippen LogP contribution in [0, 0.1) is 0 Å². The van der Waals surface area contributed by atoms with Crippen LogP contribution in [0.15, 0.2) is 179 Å². The number of para-hydroxylation sites is 2. The van der Waals surface area contributed by atoms with Gasteiger partial charge in [-0.3, -0.25) is 18.7 Å². The van der Waals surface area contributed by atoms with Crippen LogP contribution in [0.3, 0.4) is 0 Å². The van der Waals surface area contributed by atoms with E-state index in [-0.39, 0.29) is 11.1 Å². The highest BCUT2D eigenvalue weighted by Crippen LogP contribution is 2.32. The zero-order valence-electron chi connectivity index (χ0n) is 25.9. The van der Waals surface area contributed by atoms with E-state index < -0.39 is 0 Å². The second-order valence-electron chi connectivity index (χ2n) is 12.1. The lowest BCUT2D eigenvalue weighted by Crippen LogP contribution is -2.19. The normalized spacial score (nSPS) is 11.5. The summed E-state index contributed by atoms with van der Waals surface area (Å²) in [7, 11) is 0. The molecule has 226 valence electrons.